The summed E-state index contributed by atoms with van der Waals surface area (Å²) in [4.78, 5) is 15.7. The van der Waals surface area contributed by atoms with Crippen molar-refractivity contribution >= 4 is 35.1 Å². The van der Waals surface area contributed by atoms with Gasteiger partial charge in [-0.3, -0.25) is 10.1 Å². The van der Waals surface area contributed by atoms with Gasteiger partial charge in [-0.2, -0.15) is 0 Å². The molecule has 112 valence electrons. The molecule has 5 nitrogen and oxygen atoms in total. The Bertz CT molecular complexity index is 628. The number of aromatic nitrogens is 2. The number of imidazole rings is 1. The van der Waals surface area contributed by atoms with E-state index in [0.717, 1.165) is 0 Å². The third-order valence-corrected chi connectivity index (χ3v) is 3.30. The van der Waals surface area contributed by atoms with Crippen molar-refractivity contribution in [1.82, 2.24) is 9.55 Å². The number of anilines is 1. The first-order valence-electron chi connectivity index (χ1n) is 6.41. The van der Waals surface area contributed by atoms with E-state index in [2.05, 4.69) is 10.3 Å². The zero-order valence-electron chi connectivity index (χ0n) is 11.5. The molecule has 1 aromatic heterocycles. The second kappa shape index (κ2) is 7.33. The summed E-state index contributed by atoms with van der Waals surface area (Å²) in [6, 6.07) is 5.03. The second-order valence-electron chi connectivity index (χ2n) is 4.44. The standard InChI is InChI=1S/C14H15Cl2N3O2/c1-19-7-6-17-14(19)18-13(20)3-2-8-21-12-5-4-10(15)9-11(12)16/h4-7,9H,2-3,8H2,1H3,(H,17,18,20). The molecule has 1 heterocycles. The van der Waals surface area contributed by atoms with E-state index in [1.165, 1.54) is 0 Å². The van der Waals surface area contributed by atoms with Crippen LogP contribution in [0.5, 0.6) is 5.75 Å². The van der Waals surface area contributed by atoms with E-state index in [-0.39, 0.29) is 5.91 Å². The molecule has 0 unspecified atom stereocenters. The molecule has 1 N–H and O–H groups in total. The number of nitrogens with one attached hydrogen (secondary N) is 1. The minimum absolute atomic E-state index is 0.102. The van der Waals surface area contributed by atoms with Crippen LogP contribution in [0.3, 0.4) is 0 Å². The molecule has 2 rings (SSSR count). The van der Waals surface area contributed by atoms with Crippen LogP contribution < -0.4 is 10.1 Å². The summed E-state index contributed by atoms with van der Waals surface area (Å²) in [5, 5.41) is 3.74. The fraction of sp³-hybridized carbons (Fsp3) is 0.286. The Morgan fingerprint density at radius 2 is 2.24 bits per heavy atom. The van der Waals surface area contributed by atoms with Crippen molar-refractivity contribution in [2.24, 2.45) is 7.05 Å². The molecule has 0 atom stereocenters. The summed E-state index contributed by atoms with van der Waals surface area (Å²) >= 11 is 11.8. The Morgan fingerprint density at radius 1 is 1.43 bits per heavy atom. The lowest BCUT2D eigenvalue weighted by atomic mass is 10.3. The smallest absolute Gasteiger partial charge is 0.226 e. The maximum atomic E-state index is 11.7. The van der Waals surface area contributed by atoms with Crippen LogP contribution in [0.1, 0.15) is 12.8 Å². The van der Waals surface area contributed by atoms with Gasteiger partial charge in [-0.15, -0.1) is 0 Å². The molecule has 2 aromatic rings. The third kappa shape index (κ3) is 4.65. The number of aryl methyl sites for hydroxylation is 1. The average molecular weight is 328 g/mol. The molecule has 0 aliphatic rings. The van der Waals surface area contributed by atoms with Crippen molar-refractivity contribution in [2.75, 3.05) is 11.9 Å². The SMILES string of the molecule is Cn1ccnc1NC(=O)CCCOc1ccc(Cl)cc1Cl. The topological polar surface area (TPSA) is 56.2 Å². The van der Waals surface area contributed by atoms with Crippen molar-refractivity contribution in [2.45, 2.75) is 12.8 Å². The zero-order valence-corrected chi connectivity index (χ0v) is 13.0. The molecule has 21 heavy (non-hydrogen) atoms. The van der Waals surface area contributed by atoms with Gasteiger partial charge in [-0.25, -0.2) is 4.98 Å². The number of nitrogens with zero attached hydrogens (tertiary/aromatic N) is 2. The summed E-state index contributed by atoms with van der Waals surface area (Å²) in [6.07, 6.45) is 4.32. The van der Waals surface area contributed by atoms with Gasteiger partial charge in [0.15, 0.2) is 0 Å². The Hall–Kier alpha value is -1.72. The van der Waals surface area contributed by atoms with Gasteiger partial charge in [0.25, 0.3) is 0 Å². The largest absolute Gasteiger partial charge is 0.492 e. The minimum atomic E-state index is -0.102. The van der Waals surface area contributed by atoms with E-state index in [4.69, 9.17) is 27.9 Å². The van der Waals surface area contributed by atoms with Crippen molar-refractivity contribution in [3.05, 3.63) is 40.6 Å². The van der Waals surface area contributed by atoms with Crippen LogP contribution in [0.15, 0.2) is 30.6 Å². The maximum Gasteiger partial charge on any atom is 0.226 e. The Morgan fingerprint density at radius 3 is 2.90 bits per heavy atom. The fourth-order valence-corrected chi connectivity index (χ4v) is 2.14. The van der Waals surface area contributed by atoms with Crippen LogP contribution in [-0.4, -0.2) is 22.1 Å². The number of amides is 1. The number of hydrogen-bond donors (Lipinski definition) is 1. The number of benzene rings is 1. The van der Waals surface area contributed by atoms with Crippen LogP contribution in [0.2, 0.25) is 10.0 Å². The van der Waals surface area contributed by atoms with Crippen molar-refractivity contribution in [1.29, 1.82) is 0 Å². The average Bonchev–Trinajstić information content (AvgIpc) is 2.82. The molecule has 0 spiro atoms. The summed E-state index contributed by atoms with van der Waals surface area (Å²) < 4.78 is 7.25. The summed E-state index contributed by atoms with van der Waals surface area (Å²) in [7, 11) is 1.81. The summed E-state index contributed by atoms with van der Waals surface area (Å²) in [5.41, 5.74) is 0. The predicted molar refractivity (Wildman–Crippen MR) is 83.0 cm³/mol. The van der Waals surface area contributed by atoms with Gasteiger partial charge in [-0.1, -0.05) is 23.2 Å². The molecule has 1 aromatic carbocycles. The highest BCUT2D eigenvalue weighted by molar-refractivity contribution is 6.35. The first-order chi connectivity index (χ1) is 10.1. The van der Waals surface area contributed by atoms with E-state index in [0.29, 0.717) is 41.2 Å². The third-order valence-electron chi connectivity index (χ3n) is 2.77. The van der Waals surface area contributed by atoms with E-state index in [9.17, 15) is 4.79 Å². The molecule has 0 saturated heterocycles. The molecular formula is C14H15Cl2N3O2. The lowest BCUT2D eigenvalue weighted by Crippen LogP contribution is -2.15. The van der Waals surface area contributed by atoms with Crippen LogP contribution in [0.4, 0.5) is 5.95 Å². The van der Waals surface area contributed by atoms with Crippen LogP contribution >= 0.6 is 23.2 Å². The molecule has 0 radical (unpaired) electrons. The number of ether oxygens (including phenoxy) is 1. The Labute approximate surface area is 132 Å². The van der Waals surface area contributed by atoms with Crippen molar-refractivity contribution in [3.8, 4) is 5.75 Å². The number of carbonyl (C=O) groups excluding carboxylic acids is 1. The van der Waals surface area contributed by atoms with E-state index < -0.39 is 0 Å². The first kappa shape index (κ1) is 15.7. The molecule has 0 fully saturated rings. The quantitative estimate of drug-likeness (QED) is 0.826. The normalized spacial score (nSPS) is 10.4. The van der Waals surface area contributed by atoms with Crippen LogP contribution in [0.25, 0.3) is 0 Å². The fourth-order valence-electron chi connectivity index (χ4n) is 1.68. The van der Waals surface area contributed by atoms with Crippen LogP contribution in [-0.2, 0) is 11.8 Å². The molecule has 0 aliphatic heterocycles. The molecule has 0 aliphatic carbocycles. The van der Waals surface area contributed by atoms with Gasteiger partial charge in [0.05, 0.1) is 11.6 Å². The molecular weight excluding hydrogens is 313 g/mol. The minimum Gasteiger partial charge on any atom is -0.492 e. The Balaban J connectivity index is 1.72. The monoisotopic (exact) mass is 327 g/mol. The van der Waals surface area contributed by atoms with Gasteiger partial charge >= 0.3 is 0 Å². The number of hydrogen-bond acceptors (Lipinski definition) is 3. The summed E-state index contributed by atoms with van der Waals surface area (Å²) in [6.45, 7) is 0.398. The highest BCUT2D eigenvalue weighted by atomic mass is 35.5. The van der Waals surface area contributed by atoms with E-state index in [1.54, 1.807) is 35.2 Å². The highest BCUT2D eigenvalue weighted by Gasteiger charge is 2.06. The van der Waals surface area contributed by atoms with Crippen molar-refractivity contribution < 1.29 is 9.53 Å². The molecule has 0 bridgehead atoms. The zero-order chi connectivity index (χ0) is 15.2. The van der Waals surface area contributed by atoms with Crippen LogP contribution in [0, 0.1) is 0 Å². The first-order valence-corrected chi connectivity index (χ1v) is 7.17. The Kier molecular flexibility index (Phi) is 5.47. The van der Waals surface area contributed by atoms with E-state index in [1.807, 2.05) is 7.05 Å². The number of carbonyl (C=O) groups is 1. The number of rotatable bonds is 6. The van der Waals surface area contributed by atoms with Gasteiger partial charge in [-0.05, 0) is 24.6 Å². The molecule has 1 amide bonds. The lowest BCUT2D eigenvalue weighted by Gasteiger charge is -2.08. The number of halogens is 2. The molecule has 7 heteroatoms. The second-order valence-corrected chi connectivity index (χ2v) is 5.28. The molecule has 0 saturated carbocycles. The maximum absolute atomic E-state index is 11.7. The van der Waals surface area contributed by atoms with Gasteiger partial charge in [0, 0.05) is 30.9 Å². The summed E-state index contributed by atoms with van der Waals surface area (Å²) in [5.74, 6) is 0.988. The van der Waals surface area contributed by atoms with Gasteiger partial charge in [0.2, 0.25) is 11.9 Å². The van der Waals surface area contributed by atoms with Crippen molar-refractivity contribution in [3.63, 3.8) is 0 Å². The van der Waals surface area contributed by atoms with E-state index >= 15 is 0 Å². The predicted octanol–water partition coefficient (Wildman–Crippen LogP) is 3.52. The van der Waals surface area contributed by atoms with Gasteiger partial charge < -0.3 is 9.30 Å². The van der Waals surface area contributed by atoms with Gasteiger partial charge in [0.1, 0.15) is 5.75 Å². The lowest BCUT2D eigenvalue weighted by molar-refractivity contribution is -0.116. The highest BCUT2D eigenvalue weighted by Crippen LogP contribution is 2.27.